The normalized spacial score (nSPS) is 18.4. The molecule has 8 heteroatoms. The number of carbonyl (C=O) groups excluding carboxylic acids is 1. The van der Waals surface area contributed by atoms with Crippen LogP contribution in [0.1, 0.15) is 19.3 Å². The van der Waals surface area contributed by atoms with Crippen molar-refractivity contribution in [2.45, 2.75) is 31.9 Å². The van der Waals surface area contributed by atoms with Crippen LogP contribution in [-0.2, 0) is 16.1 Å². The quantitative estimate of drug-likeness (QED) is 0.597. The zero-order valence-electron chi connectivity index (χ0n) is 10.4. The van der Waals surface area contributed by atoms with Crippen LogP contribution in [0.3, 0.4) is 0 Å². The summed E-state index contributed by atoms with van der Waals surface area (Å²) in [4.78, 5) is 21.5. The lowest BCUT2D eigenvalue weighted by molar-refractivity contribution is -0.385. The minimum Gasteiger partial charge on any atom is -0.376 e. The molecule has 1 fully saturated rings. The molecule has 0 aliphatic carbocycles. The Kier molecular flexibility index (Phi) is 4.45. The SMILES string of the molecule is O=C(CCn1cc([N+](=O)[O-])cn1)NCC1CCCO1. The second-order valence-corrected chi connectivity index (χ2v) is 4.41. The molecule has 1 aromatic heterocycles. The van der Waals surface area contributed by atoms with E-state index in [9.17, 15) is 14.9 Å². The molecule has 104 valence electrons. The van der Waals surface area contributed by atoms with Gasteiger partial charge in [0.1, 0.15) is 12.4 Å². The smallest absolute Gasteiger partial charge is 0.306 e. The Balaban J connectivity index is 1.68. The van der Waals surface area contributed by atoms with Gasteiger partial charge in [-0.15, -0.1) is 0 Å². The van der Waals surface area contributed by atoms with Gasteiger partial charge in [-0.05, 0) is 12.8 Å². The van der Waals surface area contributed by atoms with Crippen LogP contribution in [0.25, 0.3) is 0 Å². The lowest BCUT2D eigenvalue weighted by Crippen LogP contribution is -2.32. The molecule has 1 saturated heterocycles. The van der Waals surface area contributed by atoms with Gasteiger partial charge in [0.2, 0.25) is 5.91 Å². The van der Waals surface area contributed by atoms with Crippen molar-refractivity contribution in [1.29, 1.82) is 0 Å². The maximum Gasteiger partial charge on any atom is 0.306 e. The summed E-state index contributed by atoms with van der Waals surface area (Å²) in [6.07, 6.45) is 4.86. The average Bonchev–Trinajstić information content (AvgIpc) is 3.05. The largest absolute Gasteiger partial charge is 0.376 e. The van der Waals surface area contributed by atoms with E-state index in [2.05, 4.69) is 10.4 Å². The van der Waals surface area contributed by atoms with Crippen LogP contribution in [0, 0.1) is 10.1 Å². The second-order valence-electron chi connectivity index (χ2n) is 4.41. The van der Waals surface area contributed by atoms with E-state index < -0.39 is 4.92 Å². The van der Waals surface area contributed by atoms with Gasteiger partial charge in [-0.3, -0.25) is 19.6 Å². The molecule has 19 heavy (non-hydrogen) atoms. The van der Waals surface area contributed by atoms with Crippen LogP contribution in [0.5, 0.6) is 0 Å². The number of aromatic nitrogens is 2. The van der Waals surface area contributed by atoms with Crippen LogP contribution < -0.4 is 5.32 Å². The summed E-state index contributed by atoms with van der Waals surface area (Å²) in [6.45, 7) is 1.61. The monoisotopic (exact) mass is 268 g/mol. The number of rotatable bonds is 6. The van der Waals surface area contributed by atoms with Gasteiger partial charge in [-0.2, -0.15) is 5.10 Å². The molecule has 0 radical (unpaired) electrons. The fourth-order valence-corrected chi connectivity index (χ4v) is 1.91. The number of nitrogens with one attached hydrogen (secondary N) is 1. The maximum absolute atomic E-state index is 11.6. The molecule has 1 atom stereocenters. The predicted molar refractivity (Wildman–Crippen MR) is 65.5 cm³/mol. The van der Waals surface area contributed by atoms with E-state index in [1.54, 1.807) is 0 Å². The molecular formula is C11H16N4O4. The van der Waals surface area contributed by atoms with Gasteiger partial charge < -0.3 is 10.1 Å². The van der Waals surface area contributed by atoms with Gasteiger partial charge in [-0.1, -0.05) is 0 Å². The van der Waals surface area contributed by atoms with Crippen LogP contribution in [-0.4, -0.2) is 39.9 Å². The fourth-order valence-electron chi connectivity index (χ4n) is 1.91. The summed E-state index contributed by atoms with van der Waals surface area (Å²) >= 11 is 0. The standard InChI is InChI=1S/C11H16N4O4/c16-11(12-7-10-2-1-5-19-10)3-4-14-8-9(6-13-14)15(17)18/h6,8,10H,1-5,7H2,(H,12,16). The number of hydrogen-bond acceptors (Lipinski definition) is 5. The highest BCUT2D eigenvalue weighted by Crippen LogP contribution is 2.10. The number of nitro groups is 1. The van der Waals surface area contributed by atoms with E-state index in [0.29, 0.717) is 13.1 Å². The Bertz CT molecular complexity index is 453. The van der Waals surface area contributed by atoms with Crippen LogP contribution >= 0.6 is 0 Å². The topological polar surface area (TPSA) is 99.3 Å². The number of ether oxygens (including phenoxy) is 1. The molecule has 1 aliphatic heterocycles. The highest BCUT2D eigenvalue weighted by molar-refractivity contribution is 5.75. The molecule has 0 bridgehead atoms. The van der Waals surface area contributed by atoms with E-state index in [0.717, 1.165) is 19.4 Å². The molecule has 0 spiro atoms. The van der Waals surface area contributed by atoms with Crippen molar-refractivity contribution in [2.75, 3.05) is 13.2 Å². The molecule has 2 heterocycles. The molecular weight excluding hydrogens is 252 g/mol. The zero-order chi connectivity index (χ0) is 13.7. The highest BCUT2D eigenvalue weighted by atomic mass is 16.6. The Morgan fingerprint density at radius 1 is 1.68 bits per heavy atom. The summed E-state index contributed by atoms with van der Waals surface area (Å²) < 4.78 is 6.78. The first-order chi connectivity index (χ1) is 9.15. The van der Waals surface area contributed by atoms with Gasteiger partial charge in [-0.25, -0.2) is 0 Å². The Labute approximate surface area is 109 Å². The molecule has 1 unspecified atom stereocenters. The van der Waals surface area contributed by atoms with Crippen molar-refractivity contribution in [3.8, 4) is 0 Å². The molecule has 0 saturated carbocycles. The zero-order valence-corrected chi connectivity index (χ0v) is 10.4. The molecule has 1 aliphatic rings. The predicted octanol–water partition coefficient (Wildman–Crippen LogP) is 0.477. The fraction of sp³-hybridized carbons (Fsp3) is 0.636. The number of carbonyl (C=O) groups is 1. The summed E-state index contributed by atoms with van der Waals surface area (Å²) in [7, 11) is 0. The first-order valence-electron chi connectivity index (χ1n) is 6.20. The van der Waals surface area contributed by atoms with Crippen molar-refractivity contribution < 1.29 is 14.5 Å². The van der Waals surface area contributed by atoms with E-state index in [-0.39, 0.29) is 24.1 Å². The van der Waals surface area contributed by atoms with Crippen molar-refractivity contribution >= 4 is 11.6 Å². The van der Waals surface area contributed by atoms with E-state index in [1.807, 2.05) is 0 Å². The molecule has 2 rings (SSSR count). The van der Waals surface area contributed by atoms with Crippen molar-refractivity contribution in [2.24, 2.45) is 0 Å². The van der Waals surface area contributed by atoms with E-state index >= 15 is 0 Å². The van der Waals surface area contributed by atoms with Gasteiger partial charge >= 0.3 is 5.69 Å². The lowest BCUT2D eigenvalue weighted by atomic mass is 10.2. The number of aryl methyl sites for hydroxylation is 1. The van der Waals surface area contributed by atoms with Gasteiger partial charge in [0.15, 0.2) is 0 Å². The van der Waals surface area contributed by atoms with Crippen LogP contribution in [0.4, 0.5) is 5.69 Å². The minimum atomic E-state index is -0.513. The Hall–Kier alpha value is -1.96. The van der Waals surface area contributed by atoms with Crippen LogP contribution in [0.2, 0.25) is 0 Å². The van der Waals surface area contributed by atoms with Crippen molar-refractivity contribution in [3.63, 3.8) is 0 Å². The first kappa shape index (κ1) is 13.5. The number of nitrogens with zero attached hydrogens (tertiary/aromatic N) is 3. The molecule has 1 N–H and O–H groups in total. The van der Waals surface area contributed by atoms with Gasteiger partial charge in [0, 0.05) is 26.1 Å². The first-order valence-corrected chi connectivity index (χ1v) is 6.20. The minimum absolute atomic E-state index is 0.0697. The highest BCUT2D eigenvalue weighted by Gasteiger charge is 2.16. The molecule has 8 nitrogen and oxygen atoms in total. The second kappa shape index (κ2) is 6.28. The van der Waals surface area contributed by atoms with E-state index in [1.165, 1.54) is 17.1 Å². The summed E-state index contributed by atoms with van der Waals surface area (Å²) in [5.41, 5.74) is -0.0697. The van der Waals surface area contributed by atoms with Gasteiger partial charge in [0.05, 0.1) is 11.0 Å². The third-order valence-electron chi connectivity index (χ3n) is 2.95. The molecule has 1 aromatic rings. The lowest BCUT2D eigenvalue weighted by Gasteiger charge is -2.10. The summed E-state index contributed by atoms with van der Waals surface area (Å²) in [6, 6.07) is 0. The summed E-state index contributed by atoms with van der Waals surface area (Å²) in [5.74, 6) is -0.103. The van der Waals surface area contributed by atoms with Crippen LogP contribution in [0.15, 0.2) is 12.4 Å². The van der Waals surface area contributed by atoms with Crippen molar-refractivity contribution in [3.05, 3.63) is 22.5 Å². The third kappa shape index (κ3) is 4.02. The maximum atomic E-state index is 11.6. The Morgan fingerprint density at radius 2 is 2.53 bits per heavy atom. The molecule has 0 aromatic carbocycles. The third-order valence-corrected chi connectivity index (χ3v) is 2.95. The van der Waals surface area contributed by atoms with Gasteiger partial charge in [0.25, 0.3) is 0 Å². The Morgan fingerprint density at radius 3 is 3.16 bits per heavy atom. The average molecular weight is 268 g/mol. The number of hydrogen-bond donors (Lipinski definition) is 1. The van der Waals surface area contributed by atoms with Crippen molar-refractivity contribution in [1.82, 2.24) is 15.1 Å². The number of amides is 1. The molecule has 1 amide bonds. The van der Waals surface area contributed by atoms with E-state index in [4.69, 9.17) is 4.74 Å². The summed E-state index contributed by atoms with van der Waals surface area (Å²) in [5, 5.41) is 17.1.